The summed E-state index contributed by atoms with van der Waals surface area (Å²) in [7, 11) is 3.80. The summed E-state index contributed by atoms with van der Waals surface area (Å²) in [6.45, 7) is 5.40. The summed E-state index contributed by atoms with van der Waals surface area (Å²) in [5, 5.41) is 3.34. The van der Waals surface area contributed by atoms with Crippen molar-refractivity contribution in [2.45, 2.75) is 39.2 Å². The summed E-state index contributed by atoms with van der Waals surface area (Å²) in [6, 6.07) is 0.616. The highest BCUT2D eigenvalue weighted by molar-refractivity contribution is 4.70. The zero-order chi connectivity index (χ0) is 9.40. The SMILES string of the molecule is CCCC(C)[C@@H](CCOC)NC. The van der Waals surface area contributed by atoms with Gasteiger partial charge in [-0.05, 0) is 25.8 Å². The van der Waals surface area contributed by atoms with Gasteiger partial charge in [0.2, 0.25) is 0 Å². The maximum absolute atomic E-state index is 5.06. The first kappa shape index (κ1) is 11.9. The van der Waals surface area contributed by atoms with Gasteiger partial charge in [0.05, 0.1) is 0 Å². The largest absolute Gasteiger partial charge is 0.385 e. The Balaban J connectivity index is 3.62. The van der Waals surface area contributed by atoms with Gasteiger partial charge in [-0.1, -0.05) is 20.3 Å². The Bertz CT molecular complexity index is 95.8. The minimum absolute atomic E-state index is 0.616. The van der Waals surface area contributed by atoms with Gasteiger partial charge in [-0.15, -0.1) is 0 Å². The van der Waals surface area contributed by atoms with Gasteiger partial charge in [0.1, 0.15) is 0 Å². The molecule has 0 aliphatic carbocycles. The Kier molecular flexibility index (Phi) is 7.51. The highest BCUT2D eigenvalue weighted by Gasteiger charge is 2.13. The second-order valence-electron chi connectivity index (χ2n) is 3.44. The van der Waals surface area contributed by atoms with E-state index in [0.29, 0.717) is 6.04 Å². The smallest absolute Gasteiger partial charge is 0.0477 e. The average molecular weight is 173 g/mol. The molecule has 0 aromatic heterocycles. The van der Waals surface area contributed by atoms with Crippen molar-refractivity contribution in [1.82, 2.24) is 5.32 Å². The Morgan fingerprint density at radius 3 is 2.42 bits per heavy atom. The van der Waals surface area contributed by atoms with E-state index in [0.717, 1.165) is 18.9 Å². The van der Waals surface area contributed by atoms with Gasteiger partial charge in [-0.3, -0.25) is 0 Å². The van der Waals surface area contributed by atoms with Crippen molar-refractivity contribution in [1.29, 1.82) is 0 Å². The molecule has 1 unspecified atom stereocenters. The molecule has 0 fully saturated rings. The molecule has 0 aliphatic heterocycles. The van der Waals surface area contributed by atoms with Crippen molar-refractivity contribution in [2.24, 2.45) is 5.92 Å². The molecule has 0 spiro atoms. The lowest BCUT2D eigenvalue weighted by Crippen LogP contribution is -2.33. The molecule has 12 heavy (non-hydrogen) atoms. The summed E-state index contributed by atoms with van der Waals surface area (Å²) in [6.07, 6.45) is 3.69. The first-order valence-electron chi connectivity index (χ1n) is 4.92. The number of hydrogen-bond acceptors (Lipinski definition) is 2. The Morgan fingerprint density at radius 1 is 1.33 bits per heavy atom. The second kappa shape index (κ2) is 7.56. The Hall–Kier alpha value is -0.0800. The summed E-state index contributed by atoms with van der Waals surface area (Å²) in [5.41, 5.74) is 0. The summed E-state index contributed by atoms with van der Waals surface area (Å²) >= 11 is 0. The molecule has 2 heteroatoms. The molecule has 1 N–H and O–H groups in total. The molecule has 0 aromatic carbocycles. The fourth-order valence-electron chi connectivity index (χ4n) is 1.61. The van der Waals surface area contributed by atoms with Crippen LogP contribution in [0.15, 0.2) is 0 Å². The maximum atomic E-state index is 5.06. The minimum Gasteiger partial charge on any atom is -0.385 e. The van der Waals surface area contributed by atoms with Crippen LogP contribution >= 0.6 is 0 Å². The third-order valence-corrected chi connectivity index (χ3v) is 2.43. The Labute approximate surface area is 76.7 Å². The molecule has 0 saturated heterocycles. The molecule has 0 rings (SSSR count). The standard InChI is InChI=1S/C10H23NO/c1-5-6-9(2)10(11-3)7-8-12-4/h9-11H,5-8H2,1-4H3/t9?,10-/m1/s1. The molecule has 0 bridgehead atoms. The van der Waals surface area contributed by atoms with E-state index in [9.17, 15) is 0 Å². The number of ether oxygens (including phenoxy) is 1. The van der Waals surface area contributed by atoms with Crippen LogP contribution in [0.3, 0.4) is 0 Å². The predicted octanol–water partition coefficient (Wildman–Crippen LogP) is 2.05. The van der Waals surface area contributed by atoms with E-state index in [4.69, 9.17) is 4.74 Å². The molecule has 0 amide bonds. The first-order chi connectivity index (χ1) is 5.76. The van der Waals surface area contributed by atoms with Crippen LogP contribution in [0, 0.1) is 5.92 Å². The van der Waals surface area contributed by atoms with Gasteiger partial charge in [0, 0.05) is 19.8 Å². The summed E-state index contributed by atoms with van der Waals surface area (Å²) in [5.74, 6) is 0.759. The van der Waals surface area contributed by atoms with Crippen LogP contribution in [0.1, 0.15) is 33.1 Å². The first-order valence-corrected chi connectivity index (χ1v) is 4.92. The van der Waals surface area contributed by atoms with Crippen LogP contribution in [0.25, 0.3) is 0 Å². The van der Waals surface area contributed by atoms with Gasteiger partial charge < -0.3 is 10.1 Å². The Morgan fingerprint density at radius 2 is 2.00 bits per heavy atom. The van der Waals surface area contributed by atoms with E-state index in [-0.39, 0.29) is 0 Å². The van der Waals surface area contributed by atoms with Crippen LogP contribution in [-0.4, -0.2) is 26.8 Å². The molecule has 74 valence electrons. The van der Waals surface area contributed by atoms with E-state index in [1.807, 2.05) is 7.05 Å². The predicted molar refractivity (Wildman–Crippen MR) is 53.4 cm³/mol. The fourth-order valence-corrected chi connectivity index (χ4v) is 1.61. The molecule has 0 saturated carbocycles. The lowest BCUT2D eigenvalue weighted by Gasteiger charge is -2.22. The van der Waals surface area contributed by atoms with E-state index in [2.05, 4.69) is 19.2 Å². The molecular weight excluding hydrogens is 150 g/mol. The lowest BCUT2D eigenvalue weighted by molar-refractivity contribution is 0.172. The number of hydrogen-bond donors (Lipinski definition) is 1. The number of methoxy groups -OCH3 is 1. The topological polar surface area (TPSA) is 21.3 Å². The van der Waals surface area contributed by atoms with Crippen LogP contribution in [-0.2, 0) is 4.74 Å². The van der Waals surface area contributed by atoms with Crippen LogP contribution < -0.4 is 5.32 Å². The number of rotatable bonds is 7. The van der Waals surface area contributed by atoms with Gasteiger partial charge in [-0.2, -0.15) is 0 Å². The average Bonchev–Trinajstić information content (AvgIpc) is 2.06. The van der Waals surface area contributed by atoms with E-state index in [1.165, 1.54) is 12.8 Å². The maximum Gasteiger partial charge on any atom is 0.0477 e. The van der Waals surface area contributed by atoms with Crippen molar-refractivity contribution in [3.05, 3.63) is 0 Å². The highest BCUT2D eigenvalue weighted by Crippen LogP contribution is 2.12. The molecule has 0 aliphatic rings. The normalized spacial score (nSPS) is 16.0. The van der Waals surface area contributed by atoms with Crippen LogP contribution in [0.5, 0.6) is 0 Å². The van der Waals surface area contributed by atoms with Crippen molar-refractivity contribution in [2.75, 3.05) is 20.8 Å². The molecule has 0 radical (unpaired) electrons. The van der Waals surface area contributed by atoms with Gasteiger partial charge in [0.15, 0.2) is 0 Å². The minimum atomic E-state index is 0.616. The highest BCUT2D eigenvalue weighted by atomic mass is 16.5. The lowest BCUT2D eigenvalue weighted by atomic mass is 9.95. The molecule has 2 nitrogen and oxygen atoms in total. The fraction of sp³-hybridized carbons (Fsp3) is 1.00. The van der Waals surface area contributed by atoms with Crippen molar-refractivity contribution >= 4 is 0 Å². The molecule has 0 aromatic rings. The summed E-state index contributed by atoms with van der Waals surface area (Å²) in [4.78, 5) is 0. The zero-order valence-corrected chi connectivity index (χ0v) is 8.89. The van der Waals surface area contributed by atoms with Crippen molar-refractivity contribution in [3.8, 4) is 0 Å². The third kappa shape index (κ3) is 4.73. The van der Waals surface area contributed by atoms with Gasteiger partial charge in [0.25, 0.3) is 0 Å². The summed E-state index contributed by atoms with van der Waals surface area (Å²) < 4.78 is 5.06. The van der Waals surface area contributed by atoms with E-state index >= 15 is 0 Å². The third-order valence-electron chi connectivity index (χ3n) is 2.43. The van der Waals surface area contributed by atoms with Crippen molar-refractivity contribution < 1.29 is 4.74 Å². The quantitative estimate of drug-likeness (QED) is 0.636. The monoisotopic (exact) mass is 173 g/mol. The van der Waals surface area contributed by atoms with Gasteiger partial charge >= 0.3 is 0 Å². The molecule has 0 heterocycles. The molecular formula is C10H23NO. The zero-order valence-electron chi connectivity index (χ0n) is 8.89. The van der Waals surface area contributed by atoms with Crippen molar-refractivity contribution in [3.63, 3.8) is 0 Å². The van der Waals surface area contributed by atoms with Gasteiger partial charge in [-0.25, -0.2) is 0 Å². The second-order valence-corrected chi connectivity index (χ2v) is 3.44. The van der Waals surface area contributed by atoms with E-state index in [1.54, 1.807) is 7.11 Å². The van der Waals surface area contributed by atoms with E-state index < -0.39 is 0 Å². The van der Waals surface area contributed by atoms with Crippen LogP contribution in [0.2, 0.25) is 0 Å². The number of nitrogens with one attached hydrogen (secondary N) is 1. The molecule has 2 atom stereocenters. The van der Waals surface area contributed by atoms with Crippen LogP contribution in [0.4, 0.5) is 0 Å².